The number of fused-ring (bicyclic) bond motifs is 1. The lowest BCUT2D eigenvalue weighted by Crippen LogP contribution is -2.46. The molecule has 0 atom stereocenters. The zero-order valence-corrected chi connectivity index (χ0v) is 21.6. The smallest absolute Gasteiger partial charge is 0.143 e. The van der Waals surface area contributed by atoms with E-state index in [0.717, 1.165) is 78.0 Å². The van der Waals surface area contributed by atoms with Gasteiger partial charge in [-0.15, -0.1) is 0 Å². The molecule has 194 valence electrons. The van der Waals surface area contributed by atoms with Crippen molar-refractivity contribution < 1.29 is 9.84 Å². The first kappa shape index (κ1) is 25.6. The van der Waals surface area contributed by atoms with Crippen molar-refractivity contribution in [2.24, 2.45) is 0 Å². The normalized spacial score (nSPS) is 14.9. The minimum atomic E-state index is 0.0870. The van der Waals surface area contributed by atoms with Gasteiger partial charge in [0.1, 0.15) is 17.8 Å². The molecule has 4 aromatic rings. The monoisotopic (exact) mass is 520 g/mol. The summed E-state index contributed by atoms with van der Waals surface area (Å²) in [6, 6.07) is 18.7. The SMILES string of the molecule is OCCOCCN1CCN(Cc2ccc(-c3cc4c(NCc5ccccc5Cl)ncnc4[nH]3)cc2)CC1. The van der Waals surface area contributed by atoms with Crippen molar-refractivity contribution in [2.75, 3.05) is 57.9 Å². The average Bonchev–Trinajstić information content (AvgIpc) is 3.37. The Labute approximate surface area is 222 Å². The molecule has 0 aliphatic carbocycles. The molecule has 0 spiro atoms. The number of aromatic nitrogens is 3. The van der Waals surface area contributed by atoms with Crippen molar-refractivity contribution in [1.29, 1.82) is 0 Å². The zero-order valence-electron chi connectivity index (χ0n) is 20.9. The summed E-state index contributed by atoms with van der Waals surface area (Å²) in [6.07, 6.45) is 1.57. The summed E-state index contributed by atoms with van der Waals surface area (Å²) < 4.78 is 5.39. The topological polar surface area (TPSA) is 89.5 Å². The van der Waals surface area contributed by atoms with Crippen molar-refractivity contribution in [3.63, 3.8) is 0 Å². The number of hydrogen-bond acceptors (Lipinski definition) is 7. The fraction of sp³-hybridized carbons (Fsp3) is 0.357. The van der Waals surface area contributed by atoms with Crippen LogP contribution in [-0.4, -0.2) is 82.4 Å². The summed E-state index contributed by atoms with van der Waals surface area (Å²) in [4.78, 5) is 17.2. The van der Waals surface area contributed by atoms with Crippen LogP contribution in [0.5, 0.6) is 0 Å². The number of aliphatic hydroxyl groups excluding tert-OH is 1. The minimum Gasteiger partial charge on any atom is -0.394 e. The molecule has 0 amide bonds. The van der Waals surface area contributed by atoms with Crippen LogP contribution in [0.4, 0.5) is 5.82 Å². The van der Waals surface area contributed by atoms with Gasteiger partial charge < -0.3 is 20.1 Å². The number of aliphatic hydroxyl groups is 1. The third-order valence-corrected chi connectivity index (χ3v) is 7.12. The van der Waals surface area contributed by atoms with Gasteiger partial charge >= 0.3 is 0 Å². The number of aromatic amines is 1. The molecular formula is C28H33ClN6O2. The highest BCUT2D eigenvalue weighted by atomic mass is 35.5. The number of piperazine rings is 1. The quantitative estimate of drug-likeness (QED) is 0.257. The van der Waals surface area contributed by atoms with E-state index >= 15 is 0 Å². The predicted molar refractivity (Wildman–Crippen MR) is 148 cm³/mol. The van der Waals surface area contributed by atoms with E-state index in [2.05, 4.69) is 60.4 Å². The van der Waals surface area contributed by atoms with Gasteiger partial charge in [-0.1, -0.05) is 54.1 Å². The number of anilines is 1. The second-order valence-corrected chi connectivity index (χ2v) is 9.67. The van der Waals surface area contributed by atoms with Crippen molar-refractivity contribution in [3.8, 4) is 11.3 Å². The molecule has 0 unspecified atom stereocenters. The Kier molecular flexibility index (Phi) is 8.65. The minimum absolute atomic E-state index is 0.0870. The van der Waals surface area contributed by atoms with E-state index in [1.54, 1.807) is 6.33 Å². The van der Waals surface area contributed by atoms with Gasteiger partial charge in [0.2, 0.25) is 0 Å². The Morgan fingerprint density at radius 3 is 2.54 bits per heavy atom. The molecule has 1 fully saturated rings. The lowest BCUT2D eigenvalue weighted by molar-refractivity contribution is 0.0564. The second kappa shape index (κ2) is 12.5. The maximum absolute atomic E-state index is 8.81. The Balaban J connectivity index is 1.18. The van der Waals surface area contributed by atoms with Crippen LogP contribution in [-0.2, 0) is 17.8 Å². The van der Waals surface area contributed by atoms with E-state index in [4.69, 9.17) is 21.4 Å². The van der Waals surface area contributed by atoms with Gasteiger partial charge in [0.05, 0.1) is 25.2 Å². The lowest BCUT2D eigenvalue weighted by Gasteiger charge is -2.34. The Morgan fingerprint density at radius 1 is 0.973 bits per heavy atom. The molecule has 0 saturated carbocycles. The van der Waals surface area contributed by atoms with E-state index in [1.807, 2.05) is 24.3 Å². The Hall–Kier alpha value is -3.01. The van der Waals surface area contributed by atoms with Crippen LogP contribution in [0.2, 0.25) is 5.02 Å². The van der Waals surface area contributed by atoms with Crippen LogP contribution in [0.15, 0.2) is 60.9 Å². The summed E-state index contributed by atoms with van der Waals surface area (Å²) in [6.45, 7) is 7.84. The molecule has 2 aromatic heterocycles. The number of halogens is 1. The first-order valence-electron chi connectivity index (χ1n) is 12.7. The van der Waals surface area contributed by atoms with Crippen LogP contribution >= 0.6 is 11.6 Å². The average molecular weight is 521 g/mol. The predicted octanol–water partition coefficient (Wildman–Crippen LogP) is 4.02. The molecule has 1 saturated heterocycles. The number of nitrogens with one attached hydrogen (secondary N) is 2. The van der Waals surface area contributed by atoms with E-state index in [9.17, 15) is 0 Å². The summed E-state index contributed by atoms with van der Waals surface area (Å²) in [5.74, 6) is 0.781. The molecule has 9 heteroatoms. The summed E-state index contributed by atoms with van der Waals surface area (Å²) in [7, 11) is 0. The van der Waals surface area contributed by atoms with Crippen LogP contribution in [0.1, 0.15) is 11.1 Å². The maximum atomic E-state index is 8.81. The van der Waals surface area contributed by atoms with Gasteiger partial charge in [0.25, 0.3) is 0 Å². The molecule has 0 radical (unpaired) electrons. The van der Waals surface area contributed by atoms with E-state index < -0.39 is 0 Å². The third-order valence-electron chi connectivity index (χ3n) is 6.75. The third kappa shape index (κ3) is 6.66. The molecule has 1 aliphatic rings. The maximum Gasteiger partial charge on any atom is 0.143 e. The van der Waals surface area contributed by atoms with Crippen LogP contribution in [0.3, 0.4) is 0 Å². The van der Waals surface area contributed by atoms with Crippen molar-refractivity contribution >= 4 is 28.5 Å². The van der Waals surface area contributed by atoms with Gasteiger partial charge in [0.15, 0.2) is 0 Å². The van der Waals surface area contributed by atoms with Crippen LogP contribution in [0, 0.1) is 0 Å². The molecular weight excluding hydrogens is 488 g/mol. The molecule has 37 heavy (non-hydrogen) atoms. The molecule has 5 rings (SSSR count). The number of nitrogens with zero attached hydrogens (tertiary/aromatic N) is 4. The largest absolute Gasteiger partial charge is 0.394 e. The Morgan fingerprint density at radius 2 is 1.76 bits per heavy atom. The molecule has 3 N–H and O–H groups in total. The van der Waals surface area contributed by atoms with Crippen molar-refractivity contribution in [2.45, 2.75) is 13.1 Å². The van der Waals surface area contributed by atoms with Gasteiger partial charge in [-0.05, 0) is 28.8 Å². The van der Waals surface area contributed by atoms with E-state index in [-0.39, 0.29) is 6.61 Å². The number of hydrogen-bond donors (Lipinski definition) is 3. The standard InChI is InChI=1S/C28H33ClN6O2/c29-25-4-2-1-3-23(25)18-30-27-24-17-26(33-28(24)32-20-31-27)22-7-5-21(6-8-22)19-35-11-9-34(10-12-35)13-15-37-16-14-36/h1-8,17,20,36H,9-16,18-19H2,(H2,30,31,32,33). The summed E-state index contributed by atoms with van der Waals surface area (Å²) in [5, 5.41) is 13.9. The van der Waals surface area contributed by atoms with Gasteiger partial charge in [0, 0.05) is 56.5 Å². The first-order chi connectivity index (χ1) is 18.2. The molecule has 0 bridgehead atoms. The summed E-state index contributed by atoms with van der Waals surface area (Å²) >= 11 is 6.31. The van der Waals surface area contributed by atoms with Crippen LogP contribution < -0.4 is 5.32 Å². The number of ether oxygens (including phenoxy) is 1. The fourth-order valence-corrected chi connectivity index (χ4v) is 4.84. The summed E-state index contributed by atoms with van der Waals surface area (Å²) in [5.41, 5.74) is 5.26. The number of benzene rings is 2. The highest BCUT2D eigenvalue weighted by Crippen LogP contribution is 2.28. The van der Waals surface area contributed by atoms with E-state index in [1.165, 1.54) is 5.56 Å². The first-order valence-corrected chi connectivity index (χ1v) is 13.1. The molecule has 8 nitrogen and oxygen atoms in total. The molecule has 3 heterocycles. The van der Waals surface area contributed by atoms with Gasteiger partial charge in [-0.25, -0.2) is 9.97 Å². The Bertz CT molecular complexity index is 1290. The van der Waals surface area contributed by atoms with Gasteiger partial charge in [-0.2, -0.15) is 0 Å². The number of H-pyrrole nitrogens is 1. The fourth-order valence-electron chi connectivity index (χ4n) is 4.64. The van der Waals surface area contributed by atoms with Crippen molar-refractivity contribution in [3.05, 3.63) is 77.1 Å². The lowest BCUT2D eigenvalue weighted by atomic mass is 10.1. The molecule has 1 aliphatic heterocycles. The highest BCUT2D eigenvalue weighted by molar-refractivity contribution is 6.31. The van der Waals surface area contributed by atoms with Crippen molar-refractivity contribution in [1.82, 2.24) is 24.8 Å². The highest BCUT2D eigenvalue weighted by Gasteiger charge is 2.17. The zero-order chi connectivity index (χ0) is 25.5. The van der Waals surface area contributed by atoms with E-state index in [0.29, 0.717) is 19.8 Å². The second-order valence-electron chi connectivity index (χ2n) is 9.26. The van der Waals surface area contributed by atoms with Gasteiger partial charge in [-0.3, -0.25) is 9.80 Å². The van der Waals surface area contributed by atoms with Crippen LogP contribution in [0.25, 0.3) is 22.3 Å². The molecule has 2 aromatic carbocycles. The number of rotatable bonds is 11.